The maximum absolute atomic E-state index is 11.6. The summed E-state index contributed by atoms with van der Waals surface area (Å²) >= 11 is 0. The fourth-order valence-electron chi connectivity index (χ4n) is 2.25. The molecule has 0 saturated heterocycles. The van der Waals surface area contributed by atoms with Crippen LogP contribution in [0, 0.1) is 0 Å². The minimum Gasteiger partial charge on any atom is -0.351 e. The van der Waals surface area contributed by atoms with E-state index in [4.69, 9.17) is 5.73 Å². The smallest absolute Gasteiger partial charge is 0.319 e. The van der Waals surface area contributed by atoms with Crippen molar-refractivity contribution in [2.24, 2.45) is 5.73 Å². The molecule has 0 saturated carbocycles. The molecule has 0 aliphatic rings. The molecule has 1 aromatic rings. The Hall–Kier alpha value is -1.55. The molecule has 4 heteroatoms. The van der Waals surface area contributed by atoms with E-state index >= 15 is 0 Å². The number of carbonyl (C=O) groups is 1. The number of primary amides is 1. The summed E-state index contributed by atoms with van der Waals surface area (Å²) in [5.41, 5.74) is 6.45. The van der Waals surface area contributed by atoms with Crippen LogP contribution in [0.2, 0.25) is 0 Å². The molecule has 0 fully saturated rings. The van der Waals surface area contributed by atoms with E-state index in [2.05, 4.69) is 32.6 Å². The van der Waals surface area contributed by atoms with Gasteiger partial charge in [-0.25, -0.2) is 4.79 Å². The monoisotopic (exact) mass is 277 g/mol. The van der Waals surface area contributed by atoms with Gasteiger partial charge in [-0.2, -0.15) is 0 Å². The predicted octanol–water partition coefficient (Wildman–Crippen LogP) is 3.08. The lowest BCUT2D eigenvalue weighted by molar-refractivity contribution is 0.140. The number of nitrogens with zero attached hydrogens (tertiary/aromatic N) is 2. The van der Waals surface area contributed by atoms with E-state index in [9.17, 15) is 4.79 Å². The lowest BCUT2D eigenvalue weighted by Gasteiger charge is -2.36. The first-order valence-corrected chi connectivity index (χ1v) is 7.23. The minimum absolute atomic E-state index is 0.0933. The Bertz CT molecular complexity index is 411. The van der Waals surface area contributed by atoms with Crippen molar-refractivity contribution in [1.29, 1.82) is 0 Å². The van der Waals surface area contributed by atoms with Crippen molar-refractivity contribution < 1.29 is 4.79 Å². The molecule has 0 bridgehead atoms. The zero-order valence-electron chi connectivity index (χ0n) is 13.1. The summed E-state index contributed by atoms with van der Waals surface area (Å²) < 4.78 is 0. The van der Waals surface area contributed by atoms with Gasteiger partial charge in [0.2, 0.25) is 0 Å². The summed E-state index contributed by atoms with van der Waals surface area (Å²) in [5.74, 6) is 0. The van der Waals surface area contributed by atoms with Crippen LogP contribution in [0.5, 0.6) is 0 Å². The molecule has 4 nitrogen and oxygen atoms in total. The molecular weight excluding hydrogens is 250 g/mol. The molecule has 0 aliphatic heterocycles. The number of hydrogen-bond acceptors (Lipinski definition) is 2. The van der Waals surface area contributed by atoms with Crippen molar-refractivity contribution in [3.8, 4) is 0 Å². The molecule has 112 valence electrons. The van der Waals surface area contributed by atoms with Crippen LogP contribution in [-0.4, -0.2) is 36.1 Å². The summed E-state index contributed by atoms with van der Waals surface area (Å²) in [5, 5.41) is 0. The van der Waals surface area contributed by atoms with E-state index in [1.807, 2.05) is 30.3 Å². The number of rotatable bonds is 6. The average Bonchev–Trinajstić information content (AvgIpc) is 2.37. The fraction of sp³-hybridized carbons (Fsp3) is 0.562. The second kappa shape index (κ2) is 7.29. The van der Waals surface area contributed by atoms with Gasteiger partial charge in [0.05, 0.1) is 0 Å². The average molecular weight is 277 g/mol. The summed E-state index contributed by atoms with van der Waals surface area (Å²) in [7, 11) is 0. The number of hydrogen-bond donors (Lipinski definition) is 1. The second-order valence-electron chi connectivity index (χ2n) is 5.98. The quantitative estimate of drug-likeness (QED) is 0.868. The van der Waals surface area contributed by atoms with Crippen molar-refractivity contribution >= 4 is 11.7 Å². The van der Waals surface area contributed by atoms with E-state index in [1.165, 1.54) is 0 Å². The van der Waals surface area contributed by atoms with Gasteiger partial charge < -0.3 is 5.73 Å². The molecule has 2 amide bonds. The highest BCUT2D eigenvalue weighted by atomic mass is 16.2. The normalized spacial score (nSPS) is 11.7. The van der Waals surface area contributed by atoms with Crippen LogP contribution in [0.4, 0.5) is 10.5 Å². The van der Waals surface area contributed by atoms with Crippen molar-refractivity contribution in [2.75, 3.05) is 24.5 Å². The van der Waals surface area contributed by atoms with E-state index in [0.717, 1.165) is 25.2 Å². The molecule has 0 unspecified atom stereocenters. The van der Waals surface area contributed by atoms with Gasteiger partial charge in [0.1, 0.15) is 0 Å². The Morgan fingerprint density at radius 3 is 2.15 bits per heavy atom. The highest BCUT2D eigenvalue weighted by Gasteiger charge is 2.22. The predicted molar refractivity (Wildman–Crippen MR) is 85.0 cm³/mol. The summed E-state index contributed by atoms with van der Waals surface area (Å²) in [4.78, 5) is 15.7. The molecule has 1 rings (SSSR count). The molecule has 0 aliphatic carbocycles. The number of amides is 2. The first-order valence-electron chi connectivity index (χ1n) is 7.23. The Labute approximate surface area is 122 Å². The highest BCUT2D eigenvalue weighted by molar-refractivity contribution is 5.90. The van der Waals surface area contributed by atoms with E-state index < -0.39 is 6.03 Å². The largest absolute Gasteiger partial charge is 0.351 e. The number of para-hydroxylation sites is 1. The van der Waals surface area contributed by atoms with Crippen LogP contribution < -0.4 is 10.6 Å². The van der Waals surface area contributed by atoms with Gasteiger partial charge in [-0.15, -0.1) is 0 Å². The molecular formula is C16H27N3O. The zero-order chi connectivity index (χ0) is 15.2. The van der Waals surface area contributed by atoms with Crippen LogP contribution >= 0.6 is 0 Å². The zero-order valence-corrected chi connectivity index (χ0v) is 13.1. The van der Waals surface area contributed by atoms with E-state index in [0.29, 0.717) is 6.54 Å². The molecule has 2 N–H and O–H groups in total. The Kier molecular flexibility index (Phi) is 6.02. The third-order valence-corrected chi connectivity index (χ3v) is 3.37. The van der Waals surface area contributed by atoms with Crippen molar-refractivity contribution in [3.63, 3.8) is 0 Å². The molecule has 1 aromatic carbocycles. The van der Waals surface area contributed by atoms with Crippen LogP contribution in [0.3, 0.4) is 0 Å². The number of carbonyl (C=O) groups excluding carboxylic acids is 1. The van der Waals surface area contributed by atoms with Crippen LogP contribution in [-0.2, 0) is 0 Å². The van der Waals surface area contributed by atoms with Gasteiger partial charge in [-0.1, -0.05) is 25.1 Å². The Morgan fingerprint density at radius 1 is 1.10 bits per heavy atom. The number of anilines is 1. The molecule has 20 heavy (non-hydrogen) atoms. The van der Waals surface area contributed by atoms with Crippen molar-refractivity contribution in [2.45, 2.75) is 39.7 Å². The molecule has 0 heterocycles. The number of nitrogens with two attached hydrogens (primary N) is 1. The van der Waals surface area contributed by atoms with Gasteiger partial charge in [0.15, 0.2) is 0 Å². The maximum atomic E-state index is 11.6. The van der Waals surface area contributed by atoms with Gasteiger partial charge in [0, 0.05) is 24.3 Å². The number of urea groups is 1. The third-order valence-electron chi connectivity index (χ3n) is 3.37. The SMILES string of the molecule is CCCN(CCN(C(N)=O)c1ccccc1)C(C)(C)C. The molecule has 0 aromatic heterocycles. The van der Waals surface area contributed by atoms with Gasteiger partial charge in [-0.3, -0.25) is 9.80 Å². The second-order valence-corrected chi connectivity index (χ2v) is 5.98. The van der Waals surface area contributed by atoms with Gasteiger partial charge >= 0.3 is 6.03 Å². The Balaban J connectivity index is 2.74. The molecule has 0 radical (unpaired) electrons. The van der Waals surface area contributed by atoms with Gasteiger partial charge in [0.25, 0.3) is 0 Å². The van der Waals surface area contributed by atoms with Crippen LogP contribution in [0.1, 0.15) is 34.1 Å². The fourth-order valence-corrected chi connectivity index (χ4v) is 2.25. The van der Waals surface area contributed by atoms with E-state index in [1.54, 1.807) is 4.90 Å². The van der Waals surface area contributed by atoms with E-state index in [-0.39, 0.29) is 5.54 Å². The first kappa shape index (κ1) is 16.5. The maximum Gasteiger partial charge on any atom is 0.319 e. The van der Waals surface area contributed by atoms with Crippen LogP contribution in [0.15, 0.2) is 30.3 Å². The third kappa shape index (κ3) is 4.85. The molecule has 0 spiro atoms. The Morgan fingerprint density at radius 2 is 1.70 bits per heavy atom. The lowest BCUT2D eigenvalue weighted by atomic mass is 10.1. The standard InChI is InChI=1S/C16H27N3O/c1-5-11-18(16(2,3)4)12-13-19(15(17)20)14-9-7-6-8-10-14/h6-10H,5,11-13H2,1-4H3,(H2,17,20). The lowest BCUT2D eigenvalue weighted by Crippen LogP contribution is -2.48. The van der Waals surface area contributed by atoms with Gasteiger partial charge in [-0.05, 0) is 45.9 Å². The van der Waals surface area contributed by atoms with Crippen molar-refractivity contribution in [3.05, 3.63) is 30.3 Å². The first-order chi connectivity index (χ1) is 9.36. The number of benzene rings is 1. The summed E-state index contributed by atoms with van der Waals surface area (Å²) in [6.45, 7) is 11.2. The van der Waals surface area contributed by atoms with Crippen LogP contribution in [0.25, 0.3) is 0 Å². The molecule has 0 atom stereocenters. The summed E-state index contributed by atoms with van der Waals surface area (Å²) in [6.07, 6.45) is 1.10. The summed E-state index contributed by atoms with van der Waals surface area (Å²) in [6, 6.07) is 9.18. The topological polar surface area (TPSA) is 49.6 Å². The highest BCUT2D eigenvalue weighted by Crippen LogP contribution is 2.16. The van der Waals surface area contributed by atoms with Crippen molar-refractivity contribution in [1.82, 2.24) is 4.90 Å². The minimum atomic E-state index is -0.401.